The Kier molecular flexibility index (Phi) is 3.53. The third kappa shape index (κ3) is 2.74. The number of aryl methyl sites for hydroxylation is 1. The fraction of sp³-hybridized carbons (Fsp3) is 0.500. The van der Waals surface area contributed by atoms with Gasteiger partial charge in [0.05, 0.1) is 0 Å². The Hall–Kier alpha value is -1.02. The molecule has 0 heterocycles. The Morgan fingerprint density at radius 2 is 2.00 bits per heavy atom. The van der Waals surface area contributed by atoms with Gasteiger partial charge in [0, 0.05) is 6.04 Å². The summed E-state index contributed by atoms with van der Waals surface area (Å²) in [6.07, 6.45) is 1.03. The molecule has 0 radical (unpaired) electrons. The largest absolute Gasteiger partial charge is 0.508 e. The second kappa shape index (κ2) is 4.47. The fourth-order valence-corrected chi connectivity index (χ4v) is 1.41. The Bertz CT molecular complexity index is 307. The highest BCUT2D eigenvalue weighted by Gasteiger charge is 2.07. The topological polar surface area (TPSA) is 23.5 Å². The number of phenolic OH excluding ortho intramolecular Hbond substituents is 1. The average Bonchev–Trinajstić information content (AvgIpc) is 2.09. The molecule has 1 unspecified atom stereocenters. The molecule has 2 heteroatoms. The van der Waals surface area contributed by atoms with Gasteiger partial charge in [-0.25, -0.2) is 0 Å². The van der Waals surface area contributed by atoms with Crippen molar-refractivity contribution < 1.29 is 5.11 Å². The molecule has 0 amide bonds. The molecular weight excluding hydrogens is 174 g/mol. The van der Waals surface area contributed by atoms with Crippen LogP contribution in [0.1, 0.15) is 18.1 Å². The molecule has 1 rings (SSSR count). The third-order valence-electron chi connectivity index (χ3n) is 2.72. The van der Waals surface area contributed by atoms with Gasteiger partial charge in [0.15, 0.2) is 0 Å². The molecule has 0 spiro atoms. The van der Waals surface area contributed by atoms with Gasteiger partial charge < -0.3 is 10.0 Å². The van der Waals surface area contributed by atoms with E-state index in [0.717, 1.165) is 6.42 Å². The van der Waals surface area contributed by atoms with Gasteiger partial charge in [-0.15, -0.1) is 0 Å². The van der Waals surface area contributed by atoms with Crippen LogP contribution in [0.2, 0.25) is 0 Å². The lowest BCUT2D eigenvalue weighted by molar-refractivity contribution is 0.312. The van der Waals surface area contributed by atoms with E-state index < -0.39 is 0 Å². The molecule has 1 atom stereocenters. The zero-order chi connectivity index (χ0) is 10.7. The average molecular weight is 193 g/mol. The van der Waals surface area contributed by atoms with Gasteiger partial charge >= 0.3 is 0 Å². The third-order valence-corrected chi connectivity index (χ3v) is 2.72. The molecule has 0 fully saturated rings. The first-order valence-corrected chi connectivity index (χ1v) is 4.95. The van der Waals surface area contributed by atoms with E-state index in [1.54, 1.807) is 6.07 Å². The maximum Gasteiger partial charge on any atom is 0.115 e. The highest BCUT2D eigenvalue weighted by Crippen LogP contribution is 2.17. The minimum atomic E-state index is 0.351. The van der Waals surface area contributed by atoms with E-state index in [9.17, 15) is 5.11 Å². The fourth-order valence-electron chi connectivity index (χ4n) is 1.41. The van der Waals surface area contributed by atoms with Crippen molar-refractivity contribution in [1.82, 2.24) is 4.90 Å². The molecule has 0 aliphatic carbocycles. The SMILES string of the molecule is Cc1cc(O)ccc1CC(C)N(C)C. The molecule has 0 saturated heterocycles. The van der Waals surface area contributed by atoms with Crippen molar-refractivity contribution in [2.75, 3.05) is 14.1 Å². The molecule has 2 nitrogen and oxygen atoms in total. The standard InChI is InChI=1S/C12H19NO/c1-9-7-12(14)6-5-11(9)8-10(2)13(3)4/h5-7,10,14H,8H2,1-4H3. The first kappa shape index (κ1) is 11.1. The van der Waals surface area contributed by atoms with Crippen LogP contribution in [0.25, 0.3) is 0 Å². The van der Waals surface area contributed by atoms with Crippen LogP contribution in [0, 0.1) is 6.92 Å². The number of benzene rings is 1. The van der Waals surface area contributed by atoms with Crippen molar-refractivity contribution in [1.29, 1.82) is 0 Å². The van der Waals surface area contributed by atoms with E-state index in [0.29, 0.717) is 11.8 Å². The van der Waals surface area contributed by atoms with Crippen LogP contribution in [-0.4, -0.2) is 30.1 Å². The van der Waals surface area contributed by atoms with Crippen molar-refractivity contribution in [3.05, 3.63) is 29.3 Å². The summed E-state index contributed by atoms with van der Waals surface area (Å²) in [4.78, 5) is 2.20. The lowest BCUT2D eigenvalue weighted by atomic mass is 10.0. The van der Waals surface area contributed by atoms with Gasteiger partial charge in [-0.3, -0.25) is 0 Å². The van der Waals surface area contributed by atoms with E-state index >= 15 is 0 Å². The van der Waals surface area contributed by atoms with Gasteiger partial charge in [0.2, 0.25) is 0 Å². The number of phenols is 1. The van der Waals surface area contributed by atoms with Gasteiger partial charge in [0.1, 0.15) is 5.75 Å². The Labute approximate surface area is 86.2 Å². The maximum absolute atomic E-state index is 9.27. The van der Waals surface area contributed by atoms with E-state index in [1.165, 1.54) is 11.1 Å². The summed E-state index contributed by atoms with van der Waals surface area (Å²) in [6.45, 7) is 4.24. The lowest BCUT2D eigenvalue weighted by Crippen LogP contribution is -2.26. The number of likely N-dealkylation sites (N-methyl/N-ethyl adjacent to an activating group) is 1. The number of hydrogen-bond acceptors (Lipinski definition) is 2. The summed E-state index contributed by atoms with van der Waals surface area (Å²) < 4.78 is 0. The highest BCUT2D eigenvalue weighted by atomic mass is 16.3. The molecule has 1 aromatic rings. The number of hydrogen-bond donors (Lipinski definition) is 1. The molecule has 14 heavy (non-hydrogen) atoms. The summed E-state index contributed by atoms with van der Waals surface area (Å²) in [6, 6.07) is 6.10. The second-order valence-electron chi connectivity index (χ2n) is 4.13. The van der Waals surface area contributed by atoms with Gasteiger partial charge in [-0.1, -0.05) is 6.07 Å². The molecule has 0 aromatic heterocycles. The Balaban J connectivity index is 2.77. The lowest BCUT2D eigenvalue weighted by Gasteiger charge is -2.20. The summed E-state index contributed by atoms with van der Waals surface area (Å²) in [5.41, 5.74) is 2.47. The molecule has 0 bridgehead atoms. The Morgan fingerprint density at radius 1 is 1.36 bits per heavy atom. The molecule has 1 N–H and O–H groups in total. The van der Waals surface area contributed by atoms with Gasteiger partial charge in [-0.2, -0.15) is 0 Å². The Morgan fingerprint density at radius 3 is 2.50 bits per heavy atom. The first-order valence-electron chi connectivity index (χ1n) is 4.95. The van der Waals surface area contributed by atoms with Crippen LogP contribution in [0.15, 0.2) is 18.2 Å². The predicted molar refractivity (Wildman–Crippen MR) is 59.7 cm³/mol. The quantitative estimate of drug-likeness (QED) is 0.795. The molecular formula is C12H19NO. The van der Waals surface area contributed by atoms with Crippen molar-refractivity contribution in [2.45, 2.75) is 26.3 Å². The van der Waals surface area contributed by atoms with Gasteiger partial charge in [0.25, 0.3) is 0 Å². The van der Waals surface area contributed by atoms with Crippen LogP contribution >= 0.6 is 0 Å². The van der Waals surface area contributed by atoms with E-state index in [4.69, 9.17) is 0 Å². The zero-order valence-corrected chi connectivity index (χ0v) is 9.41. The minimum Gasteiger partial charge on any atom is -0.508 e. The normalized spacial score (nSPS) is 13.2. The smallest absolute Gasteiger partial charge is 0.115 e. The van der Waals surface area contributed by atoms with Crippen molar-refractivity contribution in [3.8, 4) is 5.75 Å². The molecule has 1 aromatic carbocycles. The number of aromatic hydroxyl groups is 1. The van der Waals surface area contributed by atoms with Crippen LogP contribution in [0.5, 0.6) is 5.75 Å². The summed E-state index contributed by atoms with van der Waals surface area (Å²) in [5.74, 6) is 0.351. The molecule has 0 aliphatic rings. The van der Waals surface area contributed by atoms with E-state index in [1.807, 2.05) is 19.1 Å². The van der Waals surface area contributed by atoms with Crippen LogP contribution in [-0.2, 0) is 6.42 Å². The number of nitrogens with zero attached hydrogens (tertiary/aromatic N) is 1. The van der Waals surface area contributed by atoms with Crippen molar-refractivity contribution >= 4 is 0 Å². The van der Waals surface area contributed by atoms with Crippen LogP contribution < -0.4 is 0 Å². The van der Waals surface area contributed by atoms with Crippen LogP contribution in [0.4, 0.5) is 0 Å². The van der Waals surface area contributed by atoms with E-state index in [-0.39, 0.29) is 0 Å². The summed E-state index contributed by atoms with van der Waals surface area (Å²) in [5, 5.41) is 9.27. The van der Waals surface area contributed by atoms with Crippen molar-refractivity contribution in [2.24, 2.45) is 0 Å². The molecule has 0 aliphatic heterocycles. The monoisotopic (exact) mass is 193 g/mol. The summed E-state index contributed by atoms with van der Waals surface area (Å²) in [7, 11) is 4.17. The molecule has 0 saturated carbocycles. The predicted octanol–water partition coefficient (Wildman–Crippen LogP) is 2.19. The first-order chi connectivity index (χ1) is 6.50. The highest BCUT2D eigenvalue weighted by molar-refractivity contribution is 5.34. The van der Waals surface area contributed by atoms with Crippen molar-refractivity contribution in [3.63, 3.8) is 0 Å². The van der Waals surface area contributed by atoms with Gasteiger partial charge in [-0.05, 0) is 57.6 Å². The molecule has 78 valence electrons. The minimum absolute atomic E-state index is 0.351. The second-order valence-corrected chi connectivity index (χ2v) is 4.13. The zero-order valence-electron chi connectivity index (χ0n) is 9.41. The number of rotatable bonds is 3. The van der Waals surface area contributed by atoms with Crippen LogP contribution in [0.3, 0.4) is 0 Å². The summed E-state index contributed by atoms with van der Waals surface area (Å²) >= 11 is 0. The van der Waals surface area contributed by atoms with E-state index in [2.05, 4.69) is 25.9 Å². The maximum atomic E-state index is 9.27.